The van der Waals surface area contributed by atoms with E-state index in [0.717, 1.165) is 6.54 Å². The highest BCUT2D eigenvalue weighted by Gasteiger charge is 2.05. The van der Waals surface area contributed by atoms with Gasteiger partial charge in [-0.2, -0.15) is 16.9 Å². The number of rotatable bonds is 6. The summed E-state index contributed by atoms with van der Waals surface area (Å²) in [6.07, 6.45) is 1.95. The molecule has 0 radical (unpaired) electrons. The first-order valence-corrected chi connectivity index (χ1v) is 6.59. The van der Waals surface area contributed by atoms with Crippen molar-refractivity contribution in [1.29, 1.82) is 0 Å². The van der Waals surface area contributed by atoms with Crippen molar-refractivity contribution in [2.24, 2.45) is 7.05 Å². The molecule has 1 atom stereocenters. The minimum absolute atomic E-state index is 0.564. The lowest BCUT2D eigenvalue weighted by Gasteiger charge is -2.12. The van der Waals surface area contributed by atoms with Gasteiger partial charge in [0.15, 0.2) is 0 Å². The van der Waals surface area contributed by atoms with Crippen LogP contribution in [0, 0.1) is 6.92 Å². The zero-order valence-electron chi connectivity index (χ0n) is 10.1. The summed E-state index contributed by atoms with van der Waals surface area (Å²) in [6, 6.07) is 0.564. The standard InChI is InChI=1S/C11H21N3S/c1-5-15-8-9(2)12-6-11-7-13-14(4)10(11)3/h7,9,12H,5-6,8H2,1-4H3. The van der Waals surface area contributed by atoms with Crippen LogP contribution in [0.5, 0.6) is 0 Å². The van der Waals surface area contributed by atoms with Gasteiger partial charge in [-0.25, -0.2) is 0 Å². The summed E-state index contributed by atoms with van der Waals surface area (Å²) >= 11 is 1.98. The lowest BCUT2D eigenvalue weighted by atomic mass is 10.2. The molecular weight excluding hydrogens is 206 g/mol. The van der Waals surface area contributed by atoms with Crippen LogP contribution in [0.3, 0.4) is 0 Å². The molecule has 0 fully saturated rings. The lowest BCUT2D eigenvalue weighted by Crippen LogP contribution is -2.27. The number of hydrogen-bond acceptors (Lipinski definition) is 3. The van der Waals surface area contributed by atoms with Crippen LogP contribution in [0.25, 0.3) is 0 Å². The van der Waals surface area contributed by atoms with Crippen LogP contribution < -0.4 is 5.32 Å². The SMILES string of the molecule is CCSCC(C)NCc1cnn(C)c1C. The molecule has 1 heterocycles. The van der Waals surface area contributed by atoms with Crippen molar-refractivity contribution in [3.63, 3.8) is 0 Å². The van der Waals surface area contributed by atoms with Gasteiger partial charge in [-0.3, -0.25) is 4.68 Å². The Morgan fingerprint density at radius 1 is 1.60 bits per heavy atom. The van der Waals surface area contributed by atoms with Crippen LogP contribution >= 0.6 is 11.8 Å². The average Bonchev–Trinajstić information content (AvgIpc) is 2.54. The molecule has 15 heavy (non-hydrogen) atoms. The molecule has 0 saturated heterocycles. The number of aromatic nitrogens is 2. The minimum Gasteiger partial charge on any atom is -0.309 e. The number of hydrogen-bond donors (Lipinski definition) is 1. The van der Waals surface area contributed by atoms with Crippen molar-refractivity contribution >= 4 is 11.8 Å². The van der Waals surface area contributed by atoms with E-state index in [0.29, 0.717) is 6.04 Å². The normalized spacial score (nSPS) is 13.1. The van der Waals surface area contributed by atoms with Gasteiger partial charge in [0.1, 0.15) is 0 Å². The van der Waals surface area contributed by atoms with E-state index in [2.05, 4.69) is 31.2 Å². The molecular formula is C11H21N3S. The van der Waals surface area contributed by atoms with E-state index in [-0.39, 0.29) is 0 Å². The zero-order valence-corrected chi connectivity index (χ0v) is 10.9. The Bertz CT molecular complexity index is 296. The highest BCUT2D eigenvalue weighted by molar-refractivity contribution is 7.99. The largest absolute Gasteiger partial charge is 0.309 e. The van der Waals surface area contributed by atoms with Gasteiger partial charge in [0.05, 0.1) is 6.20 Å². The van der Waals surface area contributed by atoms with Gasteiger partial charge in [0.2, 0.25) is 0 Å². The molecule has 0 saturated carbocycles. The van der Waals surface area contributed by atoms with Gasteiger partial charge in [-0.1, -0.05) is 6.92 Å². The molecule has 0 amide bonds. The molecule has 1 aromatic heterocycles. The second kappa shape index (κ2) is 6.18. The van der Waals surface area contributed by atoms with Crippen molar-refractivity contribution in [1.82, 2.24) is 15.1 Å². The van der Waals surface area contributed by atoms with Crippen molar-refractivity contribution < 1.29 is 0 Å². The first kappa shape index (κ1) is 12.6. The van der Waals surface area contributed by atoms with Crippen molar-refractivity contribution in [2.75, 3.05) is 11.5 Å². The van der Waals surface area contributed by atoms with Gasteiger partial charge in [-0.05, 0) is 19.6 Å². The quantitative estimate of drug-likeness (QED) is 0.805. The monoisotopic (exact) mass is 227 g/mol. The van der Waals surface area contributed by atoms with Gasteiger partial charge in [-0.15, -0.1) is 0 Å². The Kier molecular flexibility index (Phi) is 5.19. The van der Waals surface area contributed by atoms with Gasteiger partial charge in [0, 0.05) is 36.6 Å². The highest BCUT2D eigenvalue weighted by atomic mass is 32.2. The van der Waals surface area contributed by atoms with Gasteiger partial charge in [0.25, 0.3) is 0 Å². The summed E-state index contributed by atoms with van der Waals surface area (Å²) in [6.45, 7) is 7.46. The molecule has 1 N–H and O–H groups in total. The van der Waals surface area contributed by atoms with Crippen molar-refractivity contribution in [2.45, 2.75) is 33.4 Å². The number of nitrogens with zero attached hydrogens (tertiary/aromatic N) is 2. The average molecular weight is 227 g/mol. The summed E-state index contributed by atoms with van der Waals surface area (Å²) in [5, 5.41) is 7.74. The third-order valence-corrected chi connectivity index (χ3v) is 3.69. The molecule has 4 heteroatoms. The van der Waals surface area contributed by atoms with Crippen LogP contribution in [0.1, 0.15) is 25.1 Å². The maximum absolute atomic E-state index is 4.23. The third-order valence-electron chi connectivity index (χ3n) is 2.55. The predicted molar refractivity (Wildman–Crippen MR) is 67.2 cm³/mol. The molecule has 0 bridgehead atoms. The zero-order chi connectivity index (χ0) is 11.3. The van der Waals surface area contributed by atoms with Gasteiger partial charge >= 0.3 is 0 Å². The Labute approximate surface area is 96.6 Å². The van der Waals surface area contributed by atoms with E-state index in [1.165, 1.54) is 22.8 Å². The molecule has 1 unspecified atom stereocenters. The summed E-state index contributed by atoms with van der Waals surface area (Å²) in [5.74, 6) is 2.37. The van der Waals surface area contributed by atoms with Gasteiger partial charge < -0.3 is 5.32 Å². The summed E-state index contributed by atoms with van der Waals surface area (Å²) in [7, 11) is 1.98. The molecule has 1 rings (SSSR count). The summed E-state index contributed by atoms with van der Waals surface area (Å²) in [5.41, 5.74) is 2.55. The minimum atomic E-state index is 0.564. The smallest absolute Gasteiger partial charge is 0.0537 e. The molecule has 3 nitrogen and oxygen atoms in total. The number of aryl methyl sites for hydroxylation is 1. The van der Waals surface area contributed by atoms with E-state index in [1.807, 2.05) is 29.7 Å². The lowest BCUT2D eigenvalue weighted by molar-refractivity contribution is 0.593. The molecule has 0 aliphatic carbocycles. The summed E-state index contributed by atoms with van der Waals surface area (Å²) < 4.78 is 1.92. The number of nitrogens with one attached hydrogen (secondary N) is 1. The molecule has 0 aliphatic heterocycles. The fourth-order valence-electron chi connectivity index (χ4n) is 1.36. The second-order valence-corrected chi connectivity index (χ2v) is 5.14. The van der Waals surface area contributed by atoms with E-state index in [1.54, 1.807) is 0 Å². The fourth-order valence-corrected chi connectivity index (χ4v) is 2.06. The Morgan fingerprint density at radius 2 is 2.33 bits per heavy atom. The van der Waals surface area contributed by atoms with Crippen LogP contribution in [-0.2, 0) is 13.6 Å². The van der Waals surface area contributed by atoms with E-state index >= 15 is 0 Å². The van der Waals surface area contributed by atoms with Crippen molar-refractivity contribution in [3.05, 3.63) is 17.5 Å². The van der Waals surface area contributed by atoms with E-state index in [4.69, 9.17) is 0 Å². The fraction of sp³-hybridized carbons (Fsp3) is 0.727. The second-order valence-electron chi connectivity index (χ2n) is 3.82. The molecule has 0 spiro atoms. The van der Waals surface area contributed by atoms with E-state index < -0.39 is 0 Å². The molecule has 1 aromatic rings. The van der Waals surface area contributed by atoms with Crippen LogP contribution in [-0.4, -0.2) is 27.3 Å². The highest BCUT2D eigenvalue weighted by Crippen LogP contribution is 2.06. The Balaban J connectivity index is 2.33. The predicted octanol–water partition coefficient (Wildman–Crippen LogP) is 1.96. The van der Waals surface area contributed by atoms with Crippen LogP contribution in [0.2, 0.25) is 0 Å². The van der Waals surface area contributed by atoms with Crippen LogP contribution in [0.4, 0.5) is 0 Å². The molecule has 0 aliphatic rings. The number of thioether (sulfide) groups is 1. The van der Waals surface area contributed by atoms with Crippen LogP contribution in [0.15, 0.2) is 6.20 Å². The topological polar surface area (TPSA) is 29.9 Å². The van der Waals surface area contributed by atoms with Crippen molar-refractivity contribution in [3.8, 4) is 0 Å². The first-order valence-electron chi connectivity index (χ1n) is 5.43. The Hall–Kier alpha value is -0.480. The first-order chi connectivity index (χ1) is 7.15. The maximum atomic E-state index is 4.23. The molecule has 0 aromatic carbocycles. The molecule has 86 valence electrons. The summed E-state index contributed by atoms with van der Waals surface area (Å²) in [4.78, 5) is 0. The maximum Gasteiger partial charge on any atom is 0.0537 e. The van der Waals surface area contributed by atoms with E-state index in [9.17, 15) is 0 Å². The third kappa shape index (κ3) is 3.87. The Morgan fingerprint density at radius 3 is 2.87 bits per heavy atom.